The molecule has 0 saturated carbocycles. The van der Waals surface area contributed by atoms with Crippen LogP contribution in [0.5, 0.6) is 0 Å². The van der Waals surface area contributed by atoms with Crippen molar-refractivity contribution in [2.75, 3.05) is 0 Å². The third kappa shape index (κ3) is 2.38. The van der Waals surface area contributed by atoms with Crippen molar-refractivity contribution in [3.8, 4) is 0 Å². The van der Waals surface area contributed by atoms with Gasteiger partial charge in [0.25, 0.3) is 0 Å². The Morgan fingerprint density at radius 3 is 1.62 bits per heavy atom. The zero-order chi connectivity index (χ0) is 11.4. The molecule has 0 amide bonds. The van der Waals surface area contributed by atoms with E-state index in [1.807, 2.05) is 9.97 Å². The minimum atomic E-state index is 0.994. The summed E-state index contributed by atoms with van der Waals surface area (Å²) < 4.78 is 0. The van der Waals surface area contributed by atoms with E-state index in [0.29, 0.717) is 0 Å². The van der Waals surface area contributed by atoms with E-state index in [9.17, 15) is 0 Å². The molecule has 0 aromatic rings. The lowest BCUT2D eigenvalue weighted by Gasteiger charge is -2.19. The van der Waals surface area contributed by atoms with Gasteiger partial charge in [-0.25, -0.2) is 0 Å². The fraction of sp³-hybridized carbons (Fsp3) is 0.143. The lowest BCUT2D eigenvalue weighted by Crippen LogP contribution is -2.01. The number of hydrogen-bond donors (Lipinski definition) is 0. The summed E-state index contributed by atoms with van der Waals surface area (Å²) in [6.45, 7) is 0. The second-order valence-electron chi connectivity index (χ2n) is 3.69. The SMILES string of the molecule is BrC=C1CC=CC=C1C1=CC=CCC1=CBr. The Morgan fingerprint density at radius 1 is 0.812 bits per heavy atom. The monoisotopic (exact) mass is 338 g/mol. The number of halogens is 2. The molecule has 0 unspecified atom stereocenters. The standard InChI is InChI=1S/C14H12Br2/c15-9-11-5-1-3-7-13(11)14-8-4-2-6-12(14)10-16/h1-4,7-10H,5-6H2. The Labute approximate surface area is 113 Å². The third-order valence-corrected chi connectivity index (χ3v) is 3.82. The van der Waals surface area contributed by atoms with E-state index >= 15 is 0 Å². The molecule has 2 rings (SSSR count). The molecule has 0 fully saturated rings. The van der Waals surface area contributed by atoms with Crippen molar-refractivity contribution in [1.29, 1.82) is 0 Å². The lowest BCUT2D eigenvalue weighted by molar-refractivity contribution is 1.15. The average molecular weight is 340 g/mol. The van der Waals surface area contributed by atoms with Gasteiger partial charge in [0.15, 0.2) is 0 Å². The summed E-state index contributed by atoms with van der Waals surface area (Å²) in [6.07, 6.45) is 14.9. The highest BCUT2D eigenvalue weighted by Gasteiger charge is 2.15. The Bertz CT molecular complexity index is 413. The summed E-state index contributed by atoms with van der Waals surface area (Å²) in [5.74, 6) is 0. The average Bonchev–Trinajstić information content (AvgIpc) is 2.38. The molecule has 2 aliphatic rings. The molecule has 16 heavy (non-hydrogen) atoms. The number of rotatable bonds is 1. The van der Waals surface area contributed by atoms with Gasteiger partial charge in [0.2, 0.25) is 0 Å². The largest absolute Gasteiger partial charge is 0.0801 e. The van der Waals surface area contributed by atoms with E-state index in [2.05, 4.69) is 68.3 Å². The molecule has 0 nitrogen and oxygen atoms in total. The van der Waals surface area contributed by atoms with Crippen LogP contribution in [0.3, 0.4) is 0 Å². The predicted octanol–water partition coefficient (Wildman–Crippen LogP) is 5.32. The van der Waals surface area contributed by atoms with E-state index in [4.69, 9.17) is 0 Å². The van der Waals surface area contributed by atoms with Gasteiger partial charge in [-0.2, -0.15) is 0 Å². The van der Waals surface area contributed by atoms with Crippen LogP contribution in [0.1, 0.15) is 12.8 Å². The molecule has 0 saturated heterocycles. The highest BCUT2D eigenvalue weighted by atomic mass is 79.9. The smallest absolute Gasteiger partial charge is 0.00830 e. The van der Waals surface area contributed by atoms with Crippen LogP contribution >= 0.6 is 31.9 Å². The molecule has 0 bridgehead atoms. The van der Waals surface area contributed by atoms with Gasteiger partial charge in [-0.1, -0.05) is 68.3 Å². The molecule has 0 aromatic carbocycles. The third-order valence-electron chi connectivity index (χ3n) is 2.72. The zero-order valence-corrected chi connectivity index (χ0v) is 12.0. The first-order valence-electron chi connectivity index (χ1n) is 5.20. The van der Waals surface area contributed by atoms with Crippen molar-refractivity contribution in [3.63, 3.8) is 0 Å². The van der Waals surface area contributed by atoms with Gasteiger partial charge in [0.05, 0.1) is 0 Å². The molecule has 0 aromatic heterocycles. The molecule has 2 heteroatoms. The highest BCUT2D eigenvalue weighted by Crippen LogP contribution is 2.34. The second-order valence-corrected chi connectivity index (χ2v) is 4.61. The van der Waals surface area contributed by atoms with Crippen LogP contribution in [0.25, 0.3) is 0 Å². The van der Waals surface area contributed by atoms with Crippen molar-refractivity contribution < 1.29 is 0 Å². The van der Waals surface area contributed by atoms with Crippen LogP contribution in [-0.2, 0) is 0 Å². The summed E-state index contributed by atoms with van der Waals surface area (Å²) in [5.41, 5.74) is 5.29. The first kappa shape index (κ1) is 11.9. The Balaban J connectivity index is 2.43. The van der Waals surface area contributed by atoms with Crippen LogP contribution in [0.15, 0.2) is 68.7 Å². The molecule has 0 N–H and O–H groups in total. The van der Waals surface area contributed by atoms with Crippen LogP contribution in [0.4, 0.5) is 0 Å². The van der Waals surface area contributed by atoms with E-state index in [1.165, 1.54) is 22.3 Å². The van der Waals surface area contributed by atoms with Gasteiger partial charge in [0, 0.05) is 0 Å². The van der Waals surface area contributed by atoms with E-state index in [-0.39, 0.29) is 0 Å². The fourth-order valence-electron chi connectivity index (χ4n) is 1.88. The minimum Gasteiger partial charge on any atom is -0.0801 e. The van der Waals surface area contributed by atoms with E-state index in [1.54, 1.807) is 0 Å². The summed E-state index contributed by atoms with van der Waals surface area (Å²) in [6, 6.07) is 0. The Hall–Kier alpha value is -0.600. The topological polar surface area (TPSA) is 0 Å². The Kier molecular flexibility index (Phi) is 4.19. The summed E-state index contributed by atoms with van der Waals surface area (Å²) in [5, 5.41) is 0. The summed E-state index contributed by atoms with van der Waals surface area (Å²) in [7, 11) is 0. The predicted molar refractivity (Wildman–Crippen MR) is 77.7 cm³/mol. The Morgan fingerprint density at radius 2 is 1.25 bits per heavy atom. The number of allylic oxidation sites excluding steroid dienone is 10. The maximum atomic E-state index is 3.45. The van der Waals surface area contributed by atoms with Gasteiger partial charge in [0.1, 0.15) is 0 Å². The fourth-order valence-corrected chi connectivity index (χ4v) is 2.75. The summed E-state index contributed by atoms with van der Waals surface area (Å²) >= 11 is 6.89. The molecule has 0 radical (unpaired) electrons. The summed E-state index contributed by atoms with van der Waals surface area (Å²) in [4.78, 5) is 4.04. The minimum absolute atomic E-state index is 0.994. The van der Waals surface area contributed by atoms with E-state index in [0.717, 1.165) is 12.8 Å². The molecule has 82 valence electrons. The lowest BCUT2D eigenvalue weighted by atomic mass is 9.86. The van der Waals surface area contributed by atoms with Gasteiger partial charge < -0.3 is 0 Å². The first-order valence-corrected chi connectivity index (χ1v) is 7.03. The van der Waals surface area contributed by atoms with Crippen molar-refractivity contribution in [3.05, 3.63) is 68.7 Å². The van der Waals surface area contributed by atoms with Gasteiger partial charge in [-0.3, -0.25) is 0 Å². The van der Waals surface area contributed by atoms with Gasteiger partial charge in [-0.15, -0.1) is 0 Å². The number of hydrogen-bond acceptors (Lipinski definition) is 0. The molecule has 0 spiro atoms. The highest BCUT2D eigenvalue weighted by molar-refractivity contribution is 9.11. The van der Waals surface area contributed by atoms with Crippen molar-refractivity contribution in [2.24, 2.45) is 0 Å². The normalized spacial score (nSPS) is 24.9. The van der Waals surface area contributed by atoms with Crippen LogP contribution < -0.4 is 0 Å². The van der Waals surface area contributed by atoms with Crippen LogP contribution in [-0.4, -0.2) is 0 Å². The van der Waals surface area contributed by atoms with Crippen LogP contribution in [0.2, 0.25) is 0 Å². The van der Waals surface area contributed by atoms with Crippen molar-refractivity contribution in [1.82, 2.24) is 0 Å². The van der Waals surface area contributed by atoms with Crippen molar-refractivity contribution in [2.45, 2.75) is 12.8 Å². The molecular weight excluding hydrogens is 328 g/mol. The van der Waals surface area contributed by atoms with Crippen molar-refractivity contribution >= 4 is 31.9 Å². The molecular formula is C14H12Br2. The van der Waals surface area contributed by atoms with Crippen LogP contribution in [0, 0.1) is 0 Å². The van der Waals surface area contributed by atoms with E-state index < -0.39 is 0 Å². The second kappa shape index (κ2) is 5.65. The molecule has 0 heterocycles. The molecule has 0 atom stereocenters. The van der Waals surface area contributed by atoms with Gasteiger partial charge >= 0.3 is 0 Å². The molecule has 0 aliphatic heterocycles. The zero-order valence-electron chi connectivity index (χ0n) is 8.79. The quantitative estimate of drug-likeness (QED) is 0.606. The van der Waals surface area contributed by atoms with Gasteiger partial charge in [-0.05, 0) is 45.1 Å². The maximum absolute atomic E-state index is 3.45. The maximum Gasteiger partial charge on any atom is -0.00830 e. The molecule has 2 aliphatic carbocycles. The first-order chi connectivity index (χ1) is 7.86.